The van der Waals surface area contributed by atoms with Crippen molar-refractivity contribution in [1.29, 1.82) is 0 Å². The monoisotopic (exact) mass is 268 g/mol. The first-order chi connectivity index (χ1) is 9.08. The molecule has 3 amide bonds. The van der Waals surface area contributed by atoms with E-state index >= 15 is 0 Å². The Bertz CT molecular complexity index is 377. The number of rotatable bonds is 2. The van der Waals surface area contributed by atoms with Crippen LogP contribution in [0.4, 0.5) is 0 Å². The van der Waals surface area contributed by atoms with Gasteiger partial charge >= 0.3 is 0 Å². The average Bonchev–Trinajstić information content (AvgIpc) is 2.64. The normalized spacial score (nSPS) is 21.6. The highest BCUT2D eigenvalue weighted by Gasteiger charge is 2.30. The molecule has 2 aliphatic rings. The molecule has 2 rings (SSSR count). The Kier molecular flexibility index (Phi) is 4.36. The van der Waals surface area contributed by atoms with Gasteiger partial charge in [0.05, 0.1) is 6.54 Å². The zero-order valence-electron chi connectivity index (χ0n) is 11.2. The molecule has 2 saturated heterocycles. The lowest BCUT2D eigenvalue weighted by molar-refractivity contribution is -0.151. The van der Waals surface area contributed by atoms with Crippen LogP contribution in [-0.4, -0.2) is 85.3 Å². The molecule has 0 unspecified atom stereocenters. The van der Waals surface area contributed by atoms with E-state index in [-0.39, 0.29) is 37.4 Å². The van der Waals surface area contributed by atoms with E-state index < -0.39 is 0 Å². The van der Waals surface area contributed by atoms with Gasteiger partial charge in [-0.1, -0.05) is 0 Å². The predicted molar refractivity (Wildman–Crippen MR) is 68.3 cm³/mol. The summed E-state index contributed by atoms with van der Waals surface area (Å²) in [6.07, 6.45) is 0.918. The smallest absolute Gasteiger partial charge is 0.243 e. The third-order valence-corrected chi connectivity index (χ3v) is 3.50. The zero-order chi connectivity index (χ0) is 13.8. The van der Waals surface area contributed by atoms with Crippen molar-refractivity contribution in [1.82, 2.24) is 20.0 Å². The Labute approximate surface area is 112 Å². The van der Waals surface area contributed by atoms with E-state index in [1.165, 1.54) is 9.80 Å². The maximum atomic E-state index is 12.1. The topological polar surface area (TPSA) is 73.0 Å². The van der Waals surface area contributed by atoms with Gasteiger partial charge in [0, 0.05) is 26.7 Å². The lowest BCUT2D eigenvalue weighted by Gasteiger charge is -2.32. The van der Waals surface area contributed by atoms with Crippen LogP contribution in [0.3, 0.4) is 0 Å². The van der Waals surface area contributed by atoms with Gasteiger partial charge in [-0.25, -0.2) is 0 Å². The van der Waals surface area contributed by atoms with Crippen LogP contribution in [0.25, 0.3) is 0 Å². The van der Waals surface area contributed by atoms with E-state index in [2.05, 4.69) is 5.32 Å². The molecular weight excluding hydrogens is 248 g/mol. The first-order valence-corrected chi connectivity index (χ1v) is 6.58. The van der Waals surface area contributed by atoms with E-state index in [4.69, 9.17) is 0 Å². The number of nitrogens with one attached hydrogen (secondary N) is 1. The van der Waals surface area contributed by atoms with Gasteiger partial charge in [0.15, 0.2) is 0 Å². The quantitative estimate of drug-likeness (QED) is 0.635. The fraction of sp³-hybridized carbons (Fsp3) is 0.750. The van der Waals surface area contributed by atoms with E-state index in [9.17, 15) is 14.4 Å². The molecule has 0 bridgehead atoms. The molecular formula is C12H20N4O3. The number of amides is 3. The fourth-order valence-corrected chi connectivity index (χ4v) is 2.27. The standard InChI is InChI=1S/C12H20N4O3/c1-14-7-11(18)16(8-10(14)17)9-12(19)15-5-2-3-13-4-6-15/h13H,2-9H2,1H3. The van der Waals surface area contributed by atoms with Crippen LogP contribution >= 0.6 is 0 Å². The van der Waals surface area contributed by atoms with Crippen LogP contribution in [0.2, 0.25) is 0 Å². The van der Waals surface area contributed by atoms with Gasteiger partial charge in [-0.3, -0.25) is 14.4 Å². The van der Waals surface area contributed by atoms with E-state index in [1.807, 2.05) is 0 Å². The van der Waals surface area contributed by atoms with Gasteiger partial charge < -0.3 is 20.0 Å². The summed E-state index contributed by atoms with van der Waals surface area (Å²) in [5.74, 6) is -0.359. The highest BCUT2D eigenvalue weighted by molar-refractivity contribution is 5.94. The number of likely N-dealkylation sites (N-methyl/N-ethyl adjacent to an activating group) is 1. The molecule has 7 nitrogen and oxygen atoms in total. The van der Waals surface area contributed by atoms with E-state index in [0.717, 1.165) is 19.5 Å². The molecule has 106 valence electrons. The molecule has 0 radical (unpaired) electrons. The third kappa shape index (κ3) is 3.44. The highest BCUT2D eigenvalue weighted by atomic mass is 16.2. The second-order valence-corrected chi connectivity index (χ2v) is 4.98. The summed E-state index contributed by atoms with van der Waals surface area (Å²) in [6, 6.07) is 0. The van der Waals surface area contributed by atoms with Crippen LogP contribution in [0.1, 0.15) is 6.42 Å². The van der Waals surface area contributed by atoms with Crippen LogP contribution in [0, 0.1) is 0 Å². The first-order valence-electron chi connectivity index (χ1n) is 6.58. The van der Waals surface area contributed by atoms with Gasteiger partial charge in [-0.2, -0.15) is 0 Å². The Hall–Kier alpha value is -1.63. The van der Waals surface area contributed by atoms with Crippen molar-refractivity contribution in [3.8, 4) is 0 Å². The molecule has 0 aromatic heterocycles. The van der Waals surface area contributed by atoms with Crippen molar-refractivity contribution in [2.24, 2.45) is 0 Å². The second kappa shape index (κ2) is 6.01. The Morgan fingerprint density at radius 3 is 2.74 bits per heavy atom. The largest absolute Gasteiger partial charge is 0.340 e. The second-order valence-electron chi connectivity index (χ2n) is 4.98. The number of hydrogen-bond donors (Lipinski definition) is 1. The maximum absolute atomic E-state index is 12.1. The number of piperazine rings is 1. The van der Waals surface area contributed by atoms with Crippen molar-refractivity contribution in [2.75, 3.05) is 52.9 Å². The van der Waals surface area contributed by atoms with E-state index in [1.54, 1.807) is 11.9 Å². The molecule has 2 fully saturated rings. The van der Waals surface area contributed by atoms with Crippen LogP contribution in [0.5, 0.6) is 0 Å². The summed E-state index contributed by atoms with van der Waals surface area (Å²) in [5, 5.41) is 3.22. The van der Waals surface area contributed by atoms with Crippen LogP contribution in [-0.2, 0) is 14.4 Å². The van der Waals surface area contributed by atoms with Crippen molar-refractivity contribution >= 4 is 17.7 Å². The lowest BCUT2D eigenvalue weighted by Crippen LogP contribution is -2.55. The summed E-state index contributed by atoms with van der Waals surface area (Å²) in [6.45, 7) is 3.15. The number of nitrogens with zero attached hydrogens (tertiary/aromatic N) is 3. The summed E-state index contributed by atoms with van der Waals surface area (Å²) < 4.78 is 0. The summed E-state index contributed by atoms with van der Waals surface area (Å²) >= 11 is 0. The Balaban J connectivity index is 1.90. The summed E-state index contributed by atoms with van der Waals surface area (Å²) in [4.78, 5) is 40.0. The van der Waals surface area contributed by atoms with Gasteiger partial charge in [-0.15, -0.1) is 0 Å². The summed E-state index contributed by atoms with van der Waals surface area (Å²) in [5.41, 5.74) is 0. The van der Waals surface area contributed by atoms with Gasteiger partial charge in [0.25, 0.3) is 0 Å². The maximum Gasteiger partial charge on any atom is 0.243 e. The minimum atomic E-state index is -0.164. The number of hydrogen-bond acceptors (Lipinski definition) is 4. The first kappa shape index (κ1) is 13.8. The molecule has 0 aromatic rings. The molecule has 0 aromatic carbocycles. The average molecular weight is 268 g/mol. The fourth-order valence-electron chi connectivity index (χ4n) is 2.27. The molecule has 0 spiro atoms. The van der Waals surface area contributed by atoms with Gasteiger partial charge in [-0.05, 0) is 13.0 Å². The van der Waals surface area contributed by atoms with Gasteiger partial charge in [0.2, 0.25) is 17.7 Å². The third-order valence-electron chi connectivity index (χ3n) is 3.50. The van der Waals surface area contributed by atoms with Crippen molar-refractivity contribution < 1.29 is 14.4 Å². The Morgan fingerprint density at radius 2 is 1.95 bits per heavy atom. The minimum absolute atomic E-state index is 0.00711. The molecule has 19 heavy (non-hydrogen) atoms. The molecule has 0 atom stereocenters. The van der Waals surface area contributed by atoms with Crippen LogP contribution < -0.4 is 5.32 Å². The Morgan fingerprint density at radius 1 is 1.16 bits per heavy atom. The minimum Gasteiger partial charge on any atom is -0.340 e. The molecule has 0 aliphatic carbocycles. The molecule has 0 saturated carbocycles. The SMILES string of the molecule is CN1CC(=O)N(CC(=O)N2CCCNCC2)CC1=O. The molecule has 1 N–H and O–H groups in total. The highest BCUT2D eigenvalue weighted by Crippen LogP contribution is 2.05. The number of carbonyl (C=O) groups is 3. The zero-order valence-corrected chi connectivity index (χ0v) is 11.2. The summed E-state index contributed by atoms with van der Waals surface area (Å²) in [7, 11) is 1.60. The van der Waals surface area contributed by atoms with Crippen molar-refractivity contribution in [3.05, 3.63) is 0 Å². The lowest BCUT2D eigenvalue weighted by atomic mass is 10.3. The van der Waals surface area contributed by atoms with E-state index in [0.29, 0.717) is 13.1 Å². The van der Waals surface area contributed by atoms with Crippen molar-refractivity contribution in [2.45, 2.75) is 6.42 Å². The predicted octanol–water partition coefficient (Wildman–Crippen LogP) is -1.89. The number of carbonyl (C=O) groups excluding carboxylic acids is 3. The molecule has 2 aliphatic heterocycles. The molecule has 2 heterocycles. The van der Waals surface area contributed by atoms with Crippen molar-refractivity contribution in [3.63, 3.8) is 0 Å². The molecule has 7 heteroatoms. The van der Waals surface area contributed by atoms with Crippen LogP contribution in [0.15, 0.2) is 0 Å². The van der Waals surface area contributed by atoms with Gasteiger partial charge in [0.1, 0.15) is 13.1 Å².